The average molecular weight is 428 g/mol. The summed E-state index contributed by atoms with van der Waals surface area (Å²) < 4.78 is 20.0. The maximum atomic E-state index is 13.0. The summed E-state index contributed by atoms with van der Waals surface area (Å²) in [4.78, 5) is 24.5. The Bertz CT molecular complexity index is 1020. The van der Waals surface area contributed by atoms with E-state index in [1.54, 1.807) is 35.9 Å². The zero-order valence-corrected chi connectivity index (χ0v) is 17.4. The maximum Gasteiger partial charge on any atom is 0.232 e. The van der Waals surface area contributed by atoms with Crippen molar-refractivity contribution in [2.75, 3.05) is 17.7 Å². The number of benzene rings is 2. The van der Waals surface area contributed by atoms with Crippen LogP contribution >= 0.6 is 11.8 Å². The summed E-state index contributed by atoms with van der Waals surface area (Å²) in [6, 6.07) is 12.5. The van der Waals surface area contributed by atoms with Crippen molar-refractivity contribution in [1.82, 2.24) is 14.8 Å². The van der Waals surface area contributed by atoms with E-state index in [4.69, 9.17) is 4.74 Å². The van der Waals surface area contributed by atoms with E-state index in [0.29, 0.717) is 28.8 Å². The van der Waals surface area contributed by atoms with Gasteiger partial charge in [-0.15, -0.1) is 10.2 Å². The van der Waals surface area contributed by atoms with E-state index in [0.717, 1.165) is 5.75 Å². The van der Waals surface area contributed by atoms with E-state index in [1.807, 2.05) is 6.92 Å². The molecule has 0 bridgehead atoms. The topological polar surface area (TPSA) is 86.1 Å². The molecular weight excluding hydrogens is 407 g/mol. The Balaban J connectivity index is 1.54. The van der Waals surface area contributed by atoms with E-state index in [9.17, 15) is 14.0 Å². The highest BCUT2D eigenvalue weighted by molar-refractivity contribution is 7.99. The highest BCUT2D eigenvalue weighted by Gasteiger charge is 2.15. The Morgan fingerprint density at radius 1 is 1.10 bits per heavy atom. The van der Waals surface area contributed by atoms with Gasteiger partial charge < -0.3 is 14.6 Å². The third kappa shape index (κ3) is 5.66. The van der Waals surface area contributed by atoms with Crippen molar-refractivity contribution >= 4 is 29.1 Å². The highest BCUT2D eigenvalue weighted by atomic mass is 32.2. The summed E-state index contributed by atoms with van der Waals surface area (Å²) in [6.45, 7) is 2.48. The normalized spacial score (nSPS) is 10.6. The molecule has 30 heavy (non-hydrogen) atoms. The van der Waals surface area contributed by atoms with Gasteiger partial charge in [0, 0.05) is 18.3 Å². The number of hydrogen-bond acceptors (Lipinski definition) is 6. The Morgan fingerprint density at radius 2 is 1.80 bits per heavy atom. The Hall–Kier alpha value is -3.20. The molecule has 1 amide bonds. The van der Waals surface area contributed by atoms with E-state index < -0.39 is 0 Å². The number of ether oxygens (including phenoxy) is 1. The van der Waals surface area contributed by atoms with Gasteiger partial charge in [0.25, 0.3) is 0 Å². The number of hydrogen-bond donors (Lipinski definition) is 1. The quantitative estimate of drug-likeness (QED) is 0.415. The number of carbonyl (C=O) groups is 2. The lowest BCUT2D eigenvalue weighted by Crippen LogP contribution is -2.17. The first kappa shape index (κ1) is 21.5. The van der Waals surface area contributed by atoms with Crippen LogP contribution in [0, 0.1) is 5.82 Å². The van der Waals surface area contributed by atoms with Gasteiger partial charge in [-0.3, -0.25) is 9.59 Å². The molecule has 0 aliphatic carbocycles. The fourth-order valence-corrected chi connectivity index (χ4v) is 3.45. The second-order valence-corrected chi connectivity index (χ2v) is 7.30. The van der Waals surface area contributed by atoms with Gasteiger partial charge in [0.2, 0.25) is 5.91 Å². The molecule has 3 aromatic rings. The number of aromatic nitrogens is 3. The molecule has 2 aromatic carbocycles. The predicted octanol–water partition coefficient (Wildman–Crippen LogP) is 3.51. The van der Waals surface area contributed by atoms with E-state index >= 15 is 0 Å². The Kier molecular flexibility index (Phi) is 7.18. The maximum absolute atomic E-state index is 13.0. The fraction of sp³-hybridized carbons (Fsp3) is 0.238. The fourth-order valence-electron chi connectivity index (χ4n) is 2.62. The SMILES string of the molecule is CCOc1ccc(NC(=O)Cc2nnc(SCC(=O)c3ccc(F)cc3)n2C)cc1. The lowest BCUT2D eigenvalue weighted by molar-refractivity contribution is -0.115. The van der Waals surface area contributed by atoms with Crippen LogP contribution < -0.4 is 10.1 Å². The van der Waals surface area contributed by atoms with Gasteiger partial charge in [-0.05, 0) is 55.5 Å². The Labute approximate surface area is 177 Å². The molecular formula is C21H21FN4O3S. The zero-order chi connectivity index (χ0) is 21.5. The Morgan fingerprint density at radius 3 is 2.47 bits per heavy atom. The van der Waals surface area contributed by atoms with Gasteiger partial charge >= 0.3 is 0 Å². The van der Waals surface area contributed by atoms with Gasteiger partial charge in [0.05, 0.1) is 18.8 Å². The number of rotatable bonds is 9. The molecule has 156 valence electrons. The lowest BCUT2D eigenvalue weighted by Gasteiger charge is -2.07. The minimum absolute atomic E-state index is 0.0448. The summed E-state index contributed by atoms with van der Waals surface area (Å²) >= 11 is 1.21. The van der Waals surface area contributed by atoms with Gasteiger partial charge in [0.1, 0.15) is 17.4 Å². The van der Waals surface area contributed by atoms with Crippen molar-refractivity contribution < 1.29 is 18.7 Å². The van der Waals surface area contributed by atoms with E-state index in [1.165, 1.54) is 36.0 Å². The van der Waals surface area contributed by atoms with Crippen molar-refractivity contribution in [1.29, 1.82) is 0 Å². The minimum Gasteiger partial charge on any atom is -0.494 e. The third-order valence-electron chi connectivity index (χ3n) is 4.19. The molecule has 0 saturated carbocycles. The number of amides is 1. The molecule has 0 saturated heterocycles. The summed E-state index contributed by atoms with van der Waals surface area (Å²) in [5.74, 6) is 0.596. The van der Waals surface area contributed by atoms with Crippen molar-refractivity contribution in [3.8, 4) is 5.75 Å². The van der Waals surface area contributed by atoms with Crippen LogP contribution in [0.2, 0.25) is 0 Å². The second-order valence-electron chi connectivity index (χ2n) is 6.36. The highest BCUT2D eigenvalue weighted by Crippen LogP contribution is 2.19. The predicted molar refractivity (Wildman–Crippen MR) is 112 cm³/mol. The van der Waals surface area contributed by atoms with Crippen molar-refractivity contribution in [2.45, 2.75) is 18.5 Å². The van der Waals surface area contributed by atoms with Crippen LogP contribution in [0.1, 0.15) is 23.1 Å². The van der Waals surface area contributed by atoms with Gasteiger partial charge in [-0.2, -0.15) is 0 Å². The smallest absolute Gasteiger partial charge is 0.232 e. The molecule has 3 rings (SSSR count). The molecule has 0 fully saturated rings. The minimum atomic E-state index is -0.388. The number of halogens is 1. The summed E-state index contributed by atoms with van der Waals surface area (Å²) in [7, 11) is 1.74. The number of thioether (sulfide) groups is 1. The second kappa shape index (κ2) is 10.0. The number of Topliss-reactive ketones (excluding diaryl/α,β-unsaturated/α-hetero) is 1. The molecule has 0 aliphatic heterocycles. The van der Waals surface area contributed by atoms with Crippen LogP contribution in [-0.4, -0.2) is 38.8 Å². The first-order valence-electron chi connectivity index (χ1n) is 9.28. The molecule has 1 heterocycles. The average Bonchev–Trinajstić information content (AvgIpc) is 3.07. The summed E-state index contributed by atoms with van der Waals surface area (Å²) in [5, 5.41) is 11.4. The monoisotopic (exact) mass is 428 g/mol. The third-order valence-corrected chi connectivity index (χ3v) is 5.21. The lowest BCUT2D eigenvalue weighted by atomic mass is 10.1. The van der Waals surface area contributed by atoms with Gasteiger partial charge in [0.15, 0.2) is 10.9 Å². The largest absolute Gasteiger partial charge is 0.494 e. The molecule has 1 N–H and O–H groups in total. The molecule has 1 aromatic heterocycles. The van der Waals surface area contributed by atoms with E-state index in [-0.39, 0.29) is 29.7 Å². The van der Waals surface area contributed by atoms with Crippen LogP contribution in [0.5, 0.6) is 5.75 Å². The number of nitrogens with one attached hydrogen (secondary N) is 1. The van der Waals surface area contributed by atoms with Crippen molar-refractivity contribution in [3.63, 3.8) is 0 Å². The van der Waals surface area contributed by atoms with Crippen LogP contribution in [-0.2, 0) is 18.3 Å². The standard InChI is InChI=1S/C21H21FN4O3S/c1-3-29-17-10-8-16(9-11-17)23-20(28)12-19-24-25-21(26(19)2)30-13-18(27)14-4-6-15(22)7-5-14/h4-11H,3,12-13H2,1-2H3,(H,23,28). The number of carbonyl (C=O) groups excluding carboxylic acids is 2. The van der Waals surface area contributed by atoms with Crippen LogP contribution in [0.25, 0.3) is 0 Å². The molecule has 0 aliphatic rings. The van der Waals surface area contributed by atoms with Gasteiger partial charge in [-0.1, -0.05) is 11.8 Å². The van der Waals surface area contributed by atoms with Crippen LogP contribution in [0.15, 0.2) is 53.7 Å². The van der Waals surface area contributed by atoms with Crippen molar-refractivity contribution in [3.05, 3.63) is 65.7 Å². The summed E-state index contributed by atoms with van der Waals surface area (Å²) in [5.41, 5.74) is 1.09. The molecule has 9 heteroatoms. The van der Waals surface area contributed by atoms with E-state index in [2.05, 4.69) is 15.5 Å². The molecule has 0 unspecified atom stereocenters. The first-order valence-corrected chi connectivity index (χ1v) is 10.3. The number of anilines is 1. The van der Waals surface area contributed by atoms with Crippen molar-refractivity contribution in [2.24, 2.45) is 7.05 Å². The first-order chi connectivity index (χ1) is 14.5. The molecule has 0 radical (unpaired) electrons. The number of ketones is 1. The zero-order valence-electron chi connectivity index (χ0n) is 16.6. The van der Waals surface area contributed by atoms with Gasteiger partial charge in [-0.25, -0.2) is 4.39 Å². The molecule has 0 spiro atoms. The summed E-state index contributed by atoms with van der Waals surface area (Å²) in [6.07, 6.45) is 0.0448. The molecule has 0 atom stereocenters. The molecule has 7 nitrogen and oxygen atoms in total. The van der Waals surface area contributed by atoms with Crippen LogP contribution in [0.3, 0.4) is 0 Å². The number of nitrogens with zero attached hydrogens (tertiary/aromatic N) is 3. The van der Waals surface area contributed by atoms with Crippen LogP contribution in [0.4, 0.5) is 10.1 Å².